The van der Waals surface area contributed by atoms with E-state index in [4.69, 9.17) is 31.0 Å². The molecule has 4 atom stereocenters. The molecule has 8 rings (SSSR count). The lowest BCUT2D eigenvalue weighted by Crippen LogP contribution is -2.96. The third-order valence-electron chi connectivity index (χ3n) is 9.58. The third-order valence-corrected chi connectivity index (χ3v) is 9.81. The van der Waals surface area contributed by atoms with Crippen LogP contribution >= 0.6 is 11.6 Å². The zero-order valence-electron chi connectivity index (χ0n) is 22.7. The van der Waals surface area contributed by atoms with E-state index in [2.05, 4.69) is 14.4 Å². The number of carboxylic acids is 1. The van der Waals surface area contributed by atoms with Crippen LogP contribution in [0.25, 0.3) is 11.0 Å². The first-order valence-corrected chi connectivity index (χ1v) is 14.7. The van der Waals surface area contributed by atoms with Gasteiger partial charge in [-0.05, 0) is 55.7 Å². The SMILES string of the molecule is O=C(O)c1ccc2nc(CN3CC4N(c5cccc(OCc6ccc(Cl)cc6F)n5)C5CCC543)n(C[C@@H]3CCO3)c2c1. The standard InChI is InChI=1S/C31H29ClFN5O4/c32-20-6-4-19(22(33)13-20)17-42-29-3-1-2-27(35-29)38-25-8-10-31(25)26(38)15-36(31)16-28-34-23-7-5-18(30(39)40)12-24(23)37(28)14-21-9-11-41-21/h1-7,12-13,21,25-26H,8-11,14-17H2,(H,39,40)/t21-,25?,26?,31?/m0/s1. The molecule has 1 aliphatic carbocycles. The predicted octanol–water partition coefficient (Wildman–Crippen LogP) is 4.90. The Labute approximate surface area is 246 Å². The zero-order valence-corrected chi connectivity index (χ0v) is 23.5. The number of piperidine rings is 1. The summed E-state index contributed by atoms with van der Waals surface area (Å²) in [4.78, 5) is 26.3. The smallest absolute Gasteiger partial charge is 0.335 e. The normalized spacial score (nSPS) is 26.0. The maximum Gasteiger partial charge on any atom is 0.335 e. The van der Waals surface area contributed by atoms with E-state index in [1.165, 1.54) is 6.07 Å². The van der Waals surface area contributed by atoms with Crippen molar-refractivity contribution in [2.75, 3.05) is 18.1 Å². The zero-order chi connectivity index (χ0) is 28.6. The fourth-order valence-electron chi connectivity index (χ4n) is 7.19. The Morgan fingerprint density at radius 2 is 2.02 bits per heavy atom. The third kappa shape index (κ3) is 3.92. The van der Waals surface area contributed by atoms with Crippen molar-refractivity contribution in [3.8, 4) is 5.88 Å². The molecule has 9 nitrogen and oxygen atoms in total. The Balaban J connectivity index is 0.995. The monoisotopic (exact) mass is 589 g/mol. The van der Waals surface area contributed by atoms with Gasteiger partial charge < -0.3 is 24.0 Å². The highest BCUT2D eigenvalue weighted by molar-refractivity contribution is 6.30. The minimum Gasteiger partial charge on any atom is -0.478 e. The van der Waals surface area contributed by atoms with Crippen LogP contribution in [-0.2, 0) is 24.4 Å². The molecular weight excluding hydrogens is 561 g/mol. The summed E-state index contributed by atoms with van der Waals surface area (Å²) < 4.78 is 27.9. The molecule has 3 saturated heterocycles. The lowest BCUT2D eigenvalue weighted by atomic mass is 9.52. The van der Waals surface area contributed by atoms with Gasteiger partial charge in [0, 0.05) is 29.8 Å². The molecule has 1 spiro atoms. The molecule has 2 aromatic carbocycles. The Kier molecular flexibility index (Phi) is 5.96. The lowest BCUT2D eigenvalue weighted by Gasteiger charge is -2.80. The minimum atomic E-state index is -0.942. The van der Waals surface area contributed by atoms with Crippen LogP contribution in [0.1, 0.15) is 41.0 Å². The van der Waals surface area contributed by atoms with Gasteiger partial charge in [0.05, 0.1) is 53.4 Å². The number of aromatic carboxylic acids is 1. The number of carboxylic acid groups (broad SMARTS) is 1. The van der Waals surface area contributed by atoms with Crippen molar-refractivity contribution in [3.05, 3.63) is 82.4 Å². The molecule has 11 heteroatoms. The van der Waals surface area contributed by atoms with Crippen LogP contribution in [0, 0.1) is 5.82 Å². The minimum absolute atomic E-state index is 0.0743. The molecule has 5 heterocycles. The highest BCUT2D eigenvalue weighted by Crippen LogP contribution is 2.61. The number of aromatic nitrogens is 3. The molecule has 1 N–H and O–H groups in total. The van der Waals surface area contributed by atoms with Crippen molar-refractivity contribution >= 4 is 34.4 Å². The quantitative estimate of drug-likeness (QED) is 0.295. The summed E-state index contributed by atoms with van der Waals surface area (Å²) in [5.41, 5.74) is 2.45. The van der Waals surface area contributed by atoms with Gasteiger partial charge in [-0.25, -0.2) is 14.2 Å². The van der Waals surface area contributed by atoms with E-state index in [0.29, 0.717) is 41.6 Å². The summed E-state index contributed by atoms with van der Waals surface area (Å²) in [6.45, 7) is 3.10. The van der Waals surface area contributed by atoms with Crippen LogP contribution in [-0.4, -0.2) is 67.4 Å². The van der Waals surface area contributed by atoms with E-state index in [9.17, 15) is 14.3 Å². The number of ether oxygens (including phenoxy) is 2. The fraction of sp³-hybridized carbons (Fsp3) is 0.387. The molecule has 0 radical (unpaired) electrons. The summed E-state index contributed by atoms with van der Waals surface area (Å²) in [7, 11) is 0. The van der Waals surface area contributed by atoms with Gasteiger partial charge in [-0.1, -0.05) is 23.7 Å². The van der Waals surface area contributed by atoms with Gasteiger partial charge >= 0.3 is 5.97 Å². The number of rotatable bonds is 9. The highest BCUT2D eigenvalue weighted by Gasteiger charge is 2.75. The van der Waals surface area contributed by atoms with Crippen LogP contribution in [0.3, 0.4) is 0 Å². The number of fused-ring (bicyclic) bond motifs is 1. The number of hydrogen-bond donors (Lipinski definition) is 1. The van der Waals surface area contributed by atoms with Crippen molar-refractivity contribution < 1.29 is 23.8 Å². The summed E-state index contributed by atoms with van der Waals surface area (Å²) in [6.07, 6.45) is 3.34. The maximum absolute atomic E-state index is 14.2. The first-order valence-electron chi connectivity index (χ1n) is 14.3. The van der Waals surface area contributed by atoms with Gasteiger partial charge in [-0.2, -0.15) is 4.98 Å². The Morgan fingerprint density at radius 3 is 2.74 bits per heavy atom. The van der Waals surface area contributed by atoms with Gasteiger partial charge in [0.1, 0.15) is 24.1 Å². The van der Waals surface area contributed by atoms with Gasteiger partial charge in [-0.15, -0.1) is 0 Å². The highest BCUT2D eigenvalue weighted by atomic mass is 35.5. The molecule has 4 aromatic rings. The average Bonchev–Trinajstić information content (AvgIpc) is 3.26. The van der Waals surface area contributed by atoms with E-state index in [1.54, 1.807) is 36.4 Å². The predicted molar refractivity (Wildman–Crippen MR) is 153 cm³/mol. The second-order valence-corrected chi connectivity index (χ2v) is 12.1. The molecule has 42 heavy (non-hydrogen) atoms. The molecule has 0 amide bonds. The second kappa shape index (κ2) is 9.65. The molecule has 216 valence electrons. The van der Waals surface area contributed by atoms with E-state index in [1.807, 2.05) is 12.1 Å². The molecular formula is C31H29ClFN5O4. The van der Waals surface area contributed by atoms with Crippen molar-refractivity contribution in [1.82, 2.24) is 19.4 Å². The van der Waals surface area contributed by atoms with Crippen molar-refractivity contribution in [2.24, 2.45) is 0 Å². The van der Waals surface area contributed by atoms with Gasteiger partial charge in [-0.3, -0.25) is 4.90 Å². The van der Waals surface area contributed by atoms with E-state index >= 15 is 0 Å². The van der Waals surface area contributed by atoms with Crippen LogP contribution in [0.4, 0.5) is 10.2 Å². The first-order chi connectivity index (χ1) is 20.4. The number of carbonyl (C=O) groups is 1. The van der Waals surface area contributed by atoms with E-state index in [-0.39, 0.29) is 23.8 Å². The lowest BCUT2D eigenvalue weighted by molar-refractivity contribution is -0.183. The summed E-state index contributed by atoms with van der Waals surface area (Å²) in [6, 6.07) is 16.2. The van der Waals surface area contributed by atoms with Crippen molar-refractivity contribution in [3.63, 3.8) is 0 Å². The Morgan fingerprint density at radius 1 is 1.14 bits per heavy atom. The molecule has 3 aliphatic heterocycles. The van der Waals surface area contributed by atoms with E-state index in [0.717, 1.165) is 55.1 Å². The second-order valence-electron chi connectivity index (χ2n) is 11.6. The first kappa shape index (κ1) is 25.9. The van der Waals surface area contributed by atoms with E-state index < -0.39 is 11.8 Å². The van der Waals surface area contributed by atoms with Crippen LogP contribution in [0.15, 0.2) is 54.6 Å². The summed E-state index contributed by atoms with van der Waals surface area (Å²) >= 11 is 5.87. The molecule has 0 bridgehead atoms. The maximum atomic E-state index is 14.2. The number of anilines is 1. The molecule has 4 aliphatic rings. The fourth-order valence-corrected chi connectivity index (χ4v) is 7.35. The van der Waals surface area contributed by atoms with Gasteiger partial charge in [0.2, 0.25) is 5.88 Å². The van der Waals surface area contributed by atoms with Crippen LogP contribution < -0.4 is 9.64 Å². The average molecular weight is 590 g/mol. The molecule has 3 unspecified atom stereocenters. The number of hydrogen-bond acceptors (Lipinski definition) is 7. The largest absolute Gasteiger partial charge is 0.478 e. The molecule has 4 fully saturated rings. The van der Waals surface area contributed by atoms with Gasteiger partial charge in [0.15, 0.2) is 0 Å². The van der Waals surface area contributed by atoms with Crippen LogP contribution in [0.5, 0.6) is 5.88 Å². The Bertz CT molecular complexity index is 1720. The number of nitrogens with zero attached hydrogens (tertiary/aromatic N) is 5. The number of imidazole rings is 1. The van der Waals surface area contributed by atoms with Crippen molar-refractivity contribution in [2.45, 2.75) is 62.7 Å². The Hall–Kier alpha value is -3.73. The summed E-state index contributed by atoms with van der Waals surface area (Å²) in [5.74, 6) is 0.948. The van der Waals surface area contributed by atoms with Crippen LogP contribution in [0.2, 0.25) is 5.02 Å². The van der Waals surface area contributed by atoms with Crippen molar-refractivity contribution in [1.29, 1.82) is 0 Å². The number of piperazine rings is 1. The number of pyridine rings is 1. The number of likely N-dealkylation sites (tertiary alicyclic amines) is 1. The number of halogens is 2. The topological polar surface area (TPSA) is 93.0 Å². The van der Waals surface area contributed by atoms with Gasteiger partial charge in [0.25, 0.3) is 0 Å². The molecule has 1 saturated carbocycles. The number of benzene rings is 2. The molecule has 2 aromatic heterocycles. The summed E-state index contributed by atoms with van der Waals surface area (Å²) in [5, 5.41) is 9.91.